The number of piperidine rings is 1. The molecule has 2 aromatic heterocycles. The van der Waals surface area contributed by atoms with E-state index in [1.807, 2.05) is 60.7 Å². The van der Waals surface area contributed by atoms with Crippen molar-refractivity contribution >= 4 is 27.7 Å². The first kappa shape index (κ1) is 34.9. The third-order valence-corrected chi connectivity index (χ3v) is 12.3. The molecule has 3 N–H and O–H groups in total. The molecule has 5 heterocycles. The Labute approximate surface area is 316 Å². The maximum atomic E-state index is 13.5. The molecule has 3 aromatic carbocycles. The SMILES string of the molecule is CC1NNC2CCC(NC(=O)c3ccc4c(c3)nc(CN3CCC(c5cccc(OCc6ccc(C#N)c7ccccc67)n5)CC3)n4C[C@@H]3CCO3)CC12. The van der Waals surface area contributed by atoms with Crippen LogP contribution in [-0.4, -0.2) is 69.3 Å². The number of amides is 1. The summed E-state index contributed by atoms with van der Waals surface area (Å²) < 4.78 is 14.4. The molecule has 1 saturated carbocycles. The fourth-order valence-corrected chi connectivity index (χ4v) is 9.02. The zero-order chi connectivity index (χ0) is 36.6. The van der Waals surface area contributed by atoms with Gasteiger partial charge in [0.05, 0.1) is 41.9 Å². The number of pyridine rings is 1. The second-order valence-corrected chi connectivity index (χ2v) is 15.6. The molecule has 3 saturated heterocycles. The molecule has 5 aromatic rings. The minimum atomic E-state index is -0.0155. The number of hydrazine groups is 1. The standard InChI is InChI=1S/C43H48N8O3/c1-27-36-22-32(12-13-38(36)49-48-27)45-43(52)29-11-14-40-39(21-29)46-41(51(40)24-33-17-20-53-33)25-50-18-15-28(16-19-50)37-7-4-8-42(47-37)54-26-31-10-9-30(23-44)34-5-2-3-6-35(31)34/h2-11,14,21,27-28,32-33,36,38,48-49H,12-13,15-20,22,24-26H2,1H3,(H,45,52)/t27?,32?,33-,36?,38?/m0/s1. The number of hydrogen-bond acceptors (Lipinski definition) is 9. The summed E-state index contributed by atoms with van der Waals surface area (Å²) in [5, 5.41) is 14.8. The van der Waals surface area contributed by atoms with Crippen LogP contribution in [0.15, 0.2) is 72.8 Å². The molecule has 54 heavy (non-hydrogen) atoms. The third-order valence-electron chi connectivity index (χ3n) is 12.3. The molecule has 0 radical (unpaired) electrons. The van der Waals surface area contributed by atoms with Crippen molar-refractivity contribution in [3.8, 4) is 11.9 Å². The molecular weight excluding hydrogens is 677 g/mol. The maximum absolute atomic E-state index is 13.5. The summed E-state index contributed by atoms with van der Waals surface area (Å²) in [6, 6.07) is 27.3. The third kappa shape index (κ3) is 7.07. The van der Waals surface area contributed by atoms with Crippen LogP contribution in [0.5, 0.6) is 5.88 Å². The molecule has 278 valence electrons. The predicted octanol–water partition coefficient (Wildman–Crippen LogP) is 5.97. The van der Waals surface area contributed by atoms with Crippen molar-refractivity contribution in [2.45, 2.75) is 95.3 Å². The second kappa shape index (κ2) is 15.1. The lowest BCUT2D eigenvalue weighted by Crippen LogP contribution is -2.44. The predicted molar refractivity (Wildman–Crippen MR) is 207 cm³/mol. The van der Waals surface area contributed by atoms with Crippen LogP contribution in [0.2, 0.25) is 0 Å². The Morgan fingerprint density at radius 1 is 0.981 bits per heavy atom. The Kier molecular flexibility index (Phi) is 9.76. The van der Waals surface area contributed by atoms with E-state index in [9.17, 15) is 10.1 Å². The first-order valence-electron chi connectivity index (χ1n) is 19.6. The molecule has 11 heteroatoms. The quantitative estimate of drug-likeness (QED) is 0.160. The number of carbonyl (C=O) groups is 1. The van der Waals surface area contributed by atoms with Crippen molar-refractivity contribution in [3.63, 3.8) is 0 Å². The van der Waals surface area contributed by atoms with E-state index < -0.39 is 0 Å². The Balaban J connectivity index is 0.846. The van der Waals surface area contributed by atoms with E-state index in [2.05, 4.69) is 50.8 Å². The molecule has 4 unspecified atom stereocenters. The number of hydrogen-bond donors (Lipinski definition) is 3. The molecule has 1 aliphatic carbocycles. The van der Waals surface area contributed by atoms with Crippen LogP contribution in [0.25, 0.3) is 21.8 Å². The van der Waals surface area contributed by atoms with Gasteiger partial charge in [0.1, 0.15) is 12.4 Å². The first-order valence-corrected chi connectivity index (χ1v) is 19.6. The highest BCUT2D eigenvalue weighted by atomic mass is 16.5. The summed E-state index contributed by atoms with van der Waals surface area (Å²) in [5.41, 5.74) is 12.1. The summed E-state index contributed by atoms with van der Waals surface area (Å²) in [7, 11) is 0. The Morgan fingerprint density at radius 3 is 2.65 bits per heavy atom. The number of rotatable bonds is 10. The number of likely N-dealkylation sites (tertiary alicyclic amines) is 1. The average Bonchev–Trinajstić information content (AvgIpc) is 3.73. The summed E-state index contributed by atoms with van der Waals surface area (Å²) in [6.07, 6.45) is 6.29. The monoisotopic (exact) mass is 724 g/mol. The normalized spacial score (nSPS) is 24.6. The Bertz CT molecular complexity index is 2200. The molecule has 3 aliphatic heterocycles. The van der Waals surface area contributed by atoms with Crippen LogP contribution in [0.3, 0.4) is 0 Å². The van der Waals surface area contributed by atoms with E-state index in [0.717, 1.165) is 110 Å². The van der Waals surface area contributed by atoms with Crippen LogP contribution in [-0.2, 0) is 24.4 Å². The zero-order valence-electron chi connectivity index (χ0n) is 30.8. The highest BCUT2D eigenvalue weighted by Crippen LogP contribution is 2.32. The number of nitrogens with one attached hydrogen (secondary N) is 3. The molecule has 0 spiro atoms. The fraction of sp³-hybridized carbons (Fsp3) is 0.442. The molecule has 4 aliphatic rings. The molecule has 11 nitrogen and oxygen atoms in total. The Morgan fingerprint density at radius 2 is 1.83 bits per heavy atom. The molecule has 0 bridgehead atoms. The van der Waals surface area contributed by atoms with Gasteiger partial charge in [-0.25, -0.2) is 9.97 Å². The van der Waals surface area contributed by atoms with Gasteiger partial charge in [0, 0.05) is 48.0 Å². The van der Waals surface area contributed by atoms with Crippen LogP contribution in [0.1, 0.15) is 84.4 Å². The van der Waals surface area contributed by atoms with Gasteiger partial charge in [0.15, 0.2) is 0 Å². The van der Waals surface area contributed by atoms with Crippen LogP contribution in [0, 0.1) is 17.2 Å². The number of carbonyl (C=O) groups excluding carboxylic acids is 1. The first-order chi connectivity index (χ1) is 26.5. The highest BCUT2D eigenvalue weighted by molar-refractivity contribution is 5.97. The van der Waals surface area contributed by atoms with Crippen molar-refractivity contribution < 1.29 is 14.3 Å². The molecule has 5 atom stereocenters. The number of aromatic nitrogens is 3. The smallest absolute Gasteiger partial charge is 0.251 e. The highest BCUT2D eigenvalue weighted by Gasteiger charge is 2.38. The number of fused-ring (bicyclic) bond motifs is 3. The largest absolute Gasteiger partial charge is 0.473 e. The topological polar surface area (TPSA) is 129 Å². The molecule has 9 rings (SSSR count). The van der Waals surface area contributed by atoms with Gasteiger partial charge in [0.2, 0.25) is 5.88 Å². The van der Waals surface area contributed by atoms with Crippen molar-refractivity contribution in [3.05, 3.63) is 101 Å². The number of nitrogens with zero attached hydrogens (tertiary/aromatic N) is 5. The van der Waals surface area contributed by atoms with Gasteiger partial charge < -0.3 is 19.4 Å². The van der Waals surface area contributed by atoms with Gasteiger partial charge in [0.25, 0.3) is 5.91 Å². The minimum Gasteiger partial charge on any atom is -0.473 e. The van der Waals surface area contributed by atoms with E-state index in [-0.39, 0.29) is 18.1 Å². The number of nitriles is 1. The van der Waals surface area contributed by atoms with Crippen molar-refractivity contribution in [1.29, 1.82) is 5.26 Å². The van der Waals surface area contributed by atoms with Crippen LogP contribution >= 0.6 is 0 Å². The van der Waals surface area contributed by atoms with Crippen molar-refractivity contribution in [2.75, 3.05) is 19.7 Å². The van der Waals surface area contributed by atoms with Gasteiger partial charge in [-0.2, -0.15) is 5.26 Å². The molecule has 4 fully saturated rings. The van der Waals surface area contributed by atoms with Gasteiger partial charge in [-0.15, -0.1) is 0 Å². The van der Waals surface area contributed by atoms with Gasteiger partial charge >= 0.3 is 0 Å². The van der Waals surface area contributed by atoms with Gasteiger partial charge in [-0.05, 0) is 111 Å². The number of ether oxygens (including phenoxy) is 2. The summed E-state index contributed by atoms with van der Waals surface area (Å²) in [4.78, 5) is 26.1. The van der Waals surface area contributed by atoms with E-state index >= 15 is 0 Å². The number of imidazole rings is 1. The Hall–Kier alpha value is -4.86. The summed E-state index contributed by atoms with van der Waals surface area (Å²) in [5.74, 6) is 2.51. The van der Waals surface area contributed by atoms with Gasteiger partial charge in [-0.1, -0.05) is 36.4 Å². The van der Waals surface area contributed by atoms with Crippen LogP contribution in [0.4, 0.5) is 0 Å². The minimum absolute atomic E-state index is 0.0155. The second-order valence-electron chi connectivity index (χ2n) is 15.6. The lowest BCUT2D eigenvalue weighted by atomic mass is 9.79. The molecular formula is C43H48N8O3. The van der Waals surface area contributed by atoms with E-state index in [1.165, 1.54) is 0 Å². The van der Waals surface area contributed by atoms with E-state index in [4.69, 9.17) is 19.4 Å². The lowest BCUT2D eigenvalue weighted by Gasteiger charge is -2.32. The van der Waals surface area contributed by atoms with Crippen LogP contribution < -0.4 is 20.9 Å². The lowest BCUT2D eigenvalue weighted by molar-refractivity contribution is -0.0592. The zero-order valence-corrected chi connectivity index (χ0v) is 30.8. The molecule has 1 amide bonds. The number of benzene rings is 3. The van der Waals surface area contributed by atoms with Crippen molar-refractivity contribution in [1.82, 2.24) is 35.6 Å². The van der Waals surface area contributed by atoms with E-state index in [0.29, 0.717) is 47.5 Å². The van der Waals surface area contributed by atoms with E-state index in [1.54, 1.807) is 0 Å². The maximum Gasteiger partial charge on any atom is 0.251 e. The summed E-state index contributed by atoms with van der Waals surface area (Å²) in [6.45, 7) is 6.82. The average molecular weight is 725 g/mol. The summed E-state index contributed by atoms with van der Waals surface area (Å²) >= 11 is 0. The van der Waals surface area contributed by atoms with Crippen molar-refractivity contribution in [2.24, 2.45) is 5.92 Å². The van der Waals surface area contributed by atoms with Gasteiger partial charge in [-0.3, -0.25) is 20.5 Å². The fourth-order valence-electron chi connectivity index (χ4n) is 9.02.